The standard InChI is InChI=1S/C23H18ClF3N4O/c1-13(2)20-18-19(24)17(12-28-21(18)31(30-20)16-6-4-3-5-7-16)22(32)29-15-10-8-14(9-11-15)23(25,26)27/h3-13H,1-2H3,(H,29,32). The smallest absolute Gasteiger partial charge is 0.322 e. The largest absolute Gasteiger partial charge is 0.416 e. The Morgan fingerprint density at radius 2 is 1.72 bits per heavy atom. The van der Waals surface area contributed by atoms with E-state index >= 15 is 0 Å². The van der Waals surface area contributed by atoms with Crippen LogP contribution in [-0.4, -0.2) is 20.7 Å². The Bertz CT molecular complexity index is 1280. The molecule has 0 bridgehead atoms. The molecule has 4 rings (SSSR count). The van der Waals surface area contributed by atoms with E-state index in [2.05, 4.69) is 15.4 Å². The van der Waals surface area contributed by atoms with E-state index in [0.29, 0.717) is 16.7 Å². The van der Waals surface area contributed by atoms with E-state index in [1.165, 1.54) is 18.3 Å². The van der Waals surface area contributed by atoms with Crippen LogP contribution in [0.1, 0.15) is 41.4 Å². The molecule has 1 N–H and O–H groups in total. The highest BCUT2D eigenvalue weighted by atomic mass is 35.5. The minimum Gasteiger partial charge on any atom is -0.322 e. The number of hydrogen-bond donors (Lipinski definition) is 1. The van der Waals surface area contributed by atoms with E-state index in [4.69, 9.17) is 11.6 Å². The van der Waals surface area contributed by atoms with Crippen LogP contribution in [0.5, 0.6) is 0 Å². The summed E-state index contributed by atoms with van der Waals surface area (Å²) in [7, 11) is 0. The Morgan fingerprint density at radius 3 is 2.31 bits per heavy atom. The highest BCUT2D eigenvalue weighted by molar-refractivity contribution is 6.39. The first-order chi connectivity index (χ1) is 15.2. The maximum Gasteiger partial charge on any atom is 0.416 e. The zero-order valence-electron chi connectivity index (χ0n) is 17.1. The zero-order chi connectivity index (χ0) is 23.0. The maximum atomic E-state index is 12.8. The number of benzene rings is 2. The number of fused-ring (bicyclic) bond motifs is 1. The van der Waals surface area contributed by atoms with Gasteiger partial charge in [0.2, 0.25) is 0 Å². The van der Waals surface area contributed by atoms with Gasteiger partial charge in [-0.25, -0.2) is 9.67 Å². The second-order valence-electron chi connectivity index (χ2n) is 7.50. The number of anilines is 1. The summed E-state index contributed by atoms with van der Waals surface area (Å²) < 4.78 is 39.9. The van der Waals surface area contributed by atoms with Gasteiger partial charge >= 0.3 is 6.18 Å². The fourth-order valence-corrected chi connectivity index (χ4v) is 3.64. The lowest BCUT2D eigenvalue weighted by Gasteiger charge is -2.10. The first-order valence-corrected chi connectivity index (χ1v) is 10.2. The van der Waals surface area contributed by atoms with E-state index in [1.807, 2.05) is 44.2 Å². The molecule has 164 valence electrons. The number of carbonyl (C=O) groups excluding carboxylic acids is 1. The molecular formula is C23H18ClF3N4O. The molecule has 0 fully saturated rings. The minimum absolute atomic E-state index is 0.00925. The van der Waals surface area contributed by atoms with E-state index < -0.39 is 17.6 Å². The van der Waals surface area contributed by atoms with E-state index in [1.54, 1.807) is 4.68 Å². The predicted octanol–water partition coefficient (Wildman–Crippen LogP) is 6.47. The molecule has 4 aromatic rings. The number of alkyl halides is 3. The second kappa shape index (κ2) is 8.27. The summed E-state index contributed by atoms with van der Waals surface area (Å²) in [4.78, 5) is 17.3. The predicted molar refractivity (Wildman–Crippen MR) is 117 cm³/mol. The second-order valence-corrected chi connectivity index (χ2v) is 7.88. The average molecular weight is 459 g/mol. The van der Waals surface area contributed by atoms with Crippen LogP contribution in [0.3, 0.4) is 0 Å². The van der Waals surface area contributed by atoms with Crippen LogP contribution in [0.2, 0.25) is 5.02 Å². The summed E-state index contributed by atoms with van der Waals surface area (Å²) in [5.41, 5.74) is 1.51. The molecule has 0 aliphatic rings. The summed E-state index contributed by atoms with van der Waals surface area (Å²) in [6.45, 7) is 3.92. The van der Waals surface area contributed by atoms with Crippen molar-refractivity contribution >= 4 is 34.2 Å². The Morgan fingerprint density at radius 1 is 1.06 bits per heavy atom. The Hall–Kier alpha value is -3.39. The number of nitrogens with one attached hydrogen (secondary N) is 1. The van der Waals surface area contributed by atoms with E-state index in [-0.39, 0.29) is 22.2 Å². The van der Waals surface area contributed by atoms with Crippen molar-refractivity contribution in [2.45, 2.75) is 25.9 Å². The molecule has 1 amide bonds. The topological polar surface area (TPSA) is 59.8 Å². The van der Waals surface area contributed by atoms with Gasteiger partial charge in [0.15, 0.2) is 5.65 Å². The Kier molecular flexibility index (Phi) is 5.64. The third kappa shape index (κ3) is 4.05. The lowest BCUT2D eigenvalue weighted by molar-refractivity contribution is -0.137. The van der Waals surface area contributed by atoms with Gasteiger partial charge in [0, 0.05) is 11.9 Å². The van der Waals surface area contributed by atoms with Gasteiger partial charge < -0.3 is 5.32 Å². The number of amides is 1. The fourth-order valence-electron chi connectivity index (χ4n) is 3.33. The normalized spacial score (nSPS) is 11.8. The molecule has 0 atom stereocenters. The molecule has 0 radical (unpaired) electrons. The van der Waals surface area contributed by atoms with Crippen LogP contribution in [0, 0.1) is 0 Å². The van der Waals surface area contributed by atoms with Crippen LogP contribution in [-0.2, 0) is 6.18 Å². The lowest BCUT2D eigenvalue weighted by Crippen LogP contribution is -2.13. The molecule has 0 unspecified atom stereocenters. The van der Waals surface area contributed by atoms with Gasteiger partial charge in [-0.2, -0.15) is 18.3 Å². The minimum atomic E-state index is -4.45. The molecule has 5 nitrogen and oxygen atoms in total. The van der Waals surface area contributed by atoms with Crippen LogP contribution in [0.4, 0.5) is 18.9 Å². The highest BCUT2D eigenvalue weighted by Gasteiger charge is 2.30. The number of nitrogens with zero attached hydrogens (tertiary/aromatic N) is 3. The third-order valence-corrected chi connectivity index (χ3v) is 5.31. The molecule has 9 heteroatoms. The number of rotatable bonds is 4. The number of hydrogen-bond acceptors (Lipinski definition) is 3. The van der Waals surface area contributed by atoms with Crippen molar-refractivity contribution in [3.05, 3.63) is 82.6 Å². The molecule has 32 heavy (non-hydrogen) atoms. The van der Waals surface area contributed by atoms with Crippen LogP contribution >= 0.6 is 11.6 Å². The Balaban J connectivity index is 1.73. The zero-order valence-corrected chi connectivity index (χ0v) is 17.9. The lowest BCUT2D eigenvalue weighted by atomic mass is 10.1. The van der Waals surface area contributed by atoms with Crippen molar-refractivity contribution < 1.29 is 18.0 Å². The first-order valence-electron chi connectivity index (χ1n) is 9.78. The molecule has 0 saturated heterocycles. The number of carbonyl (C=O) groups is 1. The molecule has 2 heterocycles. The SMILES string of the molecule is CC(C)c1nn(-c2ccccc2)c2ncc(C(=O)Nc3ccc(C(F)(F)F)cc3)c(Cl)c12. The maximum absolute atomic E-state index is 12.8. The van der Waals surface area contributed by atoms with Crippen molar-refractivity contribution in [1.82, 2.24) is 14.8 Å². The molecule has 0 aliphatic heterocycles. The number of para-hydroxylation sites is 1. The molecule has 2 aromatic carbocycles. The molecule has 0 spiro atoms. The molecule has 0 aliphatic carbocycles. The van der Waals surface area contributed by atoms with Crippen molar-refractivity contribution in [2.24, 2.45) is 0 Å². The average Bonchev–Trinajstić information content (AvgIpc) is 3.15. The van der Waals surface area contributed by atoms with Gasteiger partial charge in [0.05, 0.1) is 32.9 Å². The molecule has 2 aromatic heterocycles. The van der Waals surface area contributed by atoms with Crippen LogP contribution < -0.4 is 5.32 Å². The summed E-state index contributed by atoms with van der Waals surface area (Å²) in [6, 6.07) is 13.6. The van der Waals surface area contributed by atoms with Gasteiger partial charge in [0.25, 0.3) is 5.91 Å². The highest BCUT2D eigenvalue weighted by Crippen LogP contribution is 2.34. The van der Waals surface area contributed by atoms with Crippen molar-refractivity contribution in [3.63, 3.8) is 0 Å². The number of halogens is 4. The van der Waals surface area contributed by atoms with Crippen LogP contribution in [0.25, 0.3) is 16.7 Å². The van der Waals surface area contributed by atoms with Crippen molar-refractivity contribution in [2.75, 3.05) is 5.32 Å². The summed E-state index contributed by atoms with van der Waals surface area (Å²) in [5.74, 6) is -0.568. The van der Waals surface area contributed by atoms with Crippen molar-refractivity contribution in [1.29, 1.82) is 0 Å². The summed E-state index contributed by atoms with van der Waals surface area (Å²) in [5, 5.41) is 7.99. The number of pyridine rings is 1. The van der Waals surface area contributed by atoms with Gasteiger partial charge in [-0.15, -0.1) is 0 Å². The van der Waals surface area contributed by atoms with Crippen molar-refractivity contribution in [3.8, 4) is 5.69 Å². The molecular weight excluding hydrogens is 441 g/mol. The van der Waals surface area contributed by atoms with Crippen LogP contribution in [0.15, 0.2) is 60.8 Å². The third-order valence-electron chi connectivity index (χ3n) is 4.92. The monoisotopic (exact) mass is 458 g/mol. The van der Waals surface area contributed by atoms with Gasteiger partial charge in [-0.3, -0.25) is 4.79 Å². The molecule has 0 saturated carbocycles. The van der Waals surface area contributed by atoms with E-state index in [9.17, 15) is 18.0 Å². The first kappa shape index (κ1) is 21.8. The number of aromatic nitrogens is 3. The summed E-state index contributed by atoms with van der Waals surface area (Å²) >= 11 is 6.63. The van der Waals surface area contributed by atoms with Gasteiger partial charge in [-0.05, 0) is 42.3 Å². The quantitative estimate of drug-likeness (QED) is 0.381. The Labute approximate surface area is 186 Å². The summed E-state index contributed by atoms with van der Waals surface area (Å²) in [6.07, 6.45) is -3.11. The fraction of sp³-hybridized carbons (Fsp3) is 0.174. The van der Waals surface area contributed by atoms with E-state index in [0.717, 1.165) is 17.8 Å². The van der Waals surface area contributed by atoms with Gasteiger partial charge in [0.1, 0.15) is 0 Å². The van der Waals surface area contributed by atoms with Gasteiger partial charge in [-0.1, -0.05) is 43.6 Å².